The number of nitrogens with two attached hydrogens (primary N) is 1. The summed E-state index contributed by atoms with van der Waals surface area (Å²) in [4.78, 5) is 0. The van der Waals surface area contributed by atoms with Crippen LogP contribution in [0.15, 0.2) is 77.3 Å². The molecule has 2 N–H and O–H groups in total. The molecule has 0 saturated heterocycles. The molecule has 0 amide bonds. The summed E-state index contributed by atoms with van der Waals surface area (Å²) in [6.45, 7) is 0. The first-order valence-electron chi connectivity index (χ1n) is 6.00. The lowest BCUT2D eigenvalue weighted by atomic mass is 10.1. The van der Waals surface area contributed by atoms with Crippen LogP contribution in [0.5, 0.6) is 0 Å². The van der Waals surface area contributed by atoms with Gasteiger partial charge in [0.1, 0.15) is 17.6 Å². The van der Waals surface area contributed by atoms with E-state index in [9.17, 15) is 0 Å². The van der Waals surface area contributed by atoms with Crippen LogP contribution in [0.3, 0.4) is 0 Å². The quantitative estimate of drug-likeness (QED) is 0.409. The molecule has 0 spiro atoms. The van der Waals surface area contributed by atoms with E-state index in [-0.39, 0.29) is 17.0 Å². The second-order valence-corrected chi connectivity index (χ2v) is 4.16. The van der Waals surface area contributed by atoms with Gasteiger partial charge in [0, 0.05) is 16.5 Å². The number of hydrogen-bond donors (Lipinski definition) is 1. The SMILES string of the molecule is Nc1ccc(N=N[n+]2ccccc2)c2ccccc12.[Br-]. The van der Waals surface area contributed by atoms with Crippen molar-refractivity contribution in [1.82, 2.24) is 0 Å². The predicted octanol–water partition coefficient (Wildman–Crippen LogP) is 0.260. The van der Waals surface area contributed by atoms with Crippen LogP contribution in [0.4, 0.5) is 11.4 Å². The summed E-state index contributed by atoms with van der Waals surface area (Å²) in [5, 5.41) is 10.4. The summed E-state index contributed by atoms with van der Waals surface area (Å²) in [7, 11) is 0. The summed E-state index contributed by atoms with van der Waals surface area (Å²) in [6, 6.07) is 17.4. The van der Waals surface area contributed by atoms with Crippen molar-refractivity contribution in [2.24, 2.45) is 10.3 Å². The zero-order chi connectivity index (χ0) is 13.1. The van der Waals surface area contributed by atoms with Crippen LogP contribution in [0.1, 0.15) is 0 Å². The van der Waals surface area contributed by atoms with E-state index in [2.05, 4.69) is 10.3 Å². The third-order valence-corrected chi connectivity index (χ3v) is 2.89. The Labute approximate surface area is 127 Å². The Morgan fingerprint density at radius 1 is 0.800 bits per heavy atom. The Morgan fingerprint density at radius 3 is 2.25 bits per heavy atom. The van der Waals surface area contributed by atoms with Crippen molar-refractivity contribution < 1.29 is 21.7 Å². The van der Waals surface area contributed by atoms with Crippen LogP contribution in [0.25, 0.3) is 10.8 Å². The van der Waals surface area contributed by atoms with Gasteiger partial charge in [0.2, 0.25) is 5.69 Å². The highest BCUT2D eigenvalue weighted by molar-refractivity contribution is 5.99. The van der Waals surface area contributed by atoms with E-state index in [0.29, 0.717) is 0 Å². The van der Waals surface area contributed by atoms with E-state index in [1.54, 1.807) is 4.68 Å². The molecule has 2 aromatic carbocycles. The van der Waals surface area contributed by atoms with Crippen molar-refractivity contribution in [3.8, 4) is 0 Å². The molecular formula is C15H13BrN4. The maximum atomic E-state index is 5.95. The largest absolute Gasteiger partial charge is 1.00 e. The molecule has 0 bridgehead atoms. The molecule has 0 atom stereocenters. The first-order valence-corrected chi connectivity index (χ1v) is 6.00. The average molecular weight is 329 g/mol. The normalized spacial score (nSPS) is 10.6. The number of pyridine rings is 1. The molecule has 0 aliphatic carbocycles. The van der Waals surface area contributed by atoms with Crippen molar-refractivity contribution >= 4 is 22.1 Å². The van der Waals surface area contributed by atoms with E-state index < -0.39 is 0 Å². The van der Waals surface area contributed by atoms with Gasteiger partial charge in [-0.2, -0.15) is 0 Å². The molecule has 0 aliphatic rings. The van der Waals surface area contributed by atoms with E-state index in [1.807, 2.05) is 67.0 Å². The molecule has 0 fully saturated rings. The van der Waals surface area contributed by atoms with Gasteiger partial charge < -0.3 is 22.7 Å². The molecule has 0 radical (unpaired) electrons. The lowest BCUT2D eigenvalue weighted by molar-refractivity contribution is -0.685. The van der Waals surface area contributed by atoms with Gasteiger partial charge in [-0.05, 0) is 30.3 Å². The number of nitrogen functional groups attached to an aromatic ring is 1. The van der Waals surface area contributed by atoms with Crippen molar-refractivity contribution in [3.05, 3.63) is 67.0 Å². The highest BCUT2D eigenvalue weighted by Gasteiger charge is 2.07. The van der Waals surface area contributed by atoms with Crippen molar-refractivity contribution in [1.29, 1.82) is 0 Å². The van der Waals surface area contributed by atoms with Gasteiger partial charge in [0.15, 0.2) is 0 Å². The van der Waals surface area contributed by atoms with Gasteiger partial charge in [-0.25, -0.2) is 0 Å². The summed E-state index contributed by atoms with van der Waals surface area (Å²) in [5.74, 6) is 0. The minimum atomic E-state index is 0. The van der Waals surface area contributed by atoms with Gasteiger partial charge in [0.25, 0.3) is 0 Å². The standard InChI is InChI=1S/C15H13N4.BrH/c16-14-8-9-15(13-7-3-2-6-12(13)14)17-18-19-10-4-1-5-11-19;/h1-11H,16H2;1H/q+1;/p-1. The van der Waals surface area contributed by atoms with E-state index in [0.717, 1.165) is 22.1 Å². The van der Waals surface area contributed by atoms with Gasteiger partial charge in [-0.15, -0.1) is 4.68 Å². The van der Waals surface area contributed by atoms with Crippen LogP contribution in [0, 0.1) is 0 Å². The lowest BCUT2D eigenvalue weighted by Crippen LogP contribution is -3.00. The Hall–Kier alpha value is -2.27. The molecule has 5 heteroatoms. The first-order chi connectivity index (χ1) is 9.34. The second kappa shape index (κ2) is 6.25. The van der Waals surface area contributed by atoms with Crippen molar-refractivity contribution in [2.75, 3.05) is 5.73 Å². The second-order valence-electron chi connectivity index (χ2n) is 4.16. The van der Waals surface area contributed by atoms with Crippen LogP contribution >= 0.6 is 0 Å². The number of rotatable bonds is 2. The van der Waals surface area contributed by atoms with E-state index in [4.69, 9.17) is 5.73 Å². The smallest absolute Gasteiger partial charge is 0.211 e. The molecule has 4 nitrogen and oxygen atoms in total. The van der Waals surface area contributed by atoms with Gasteiger partial charge in [-0.1, -0.05) is 24.3 Å². The van der Waals surface area contributed by atoms with E-state index in [1.165, 1.54) is 0 Å². The summed E-state index contributed by atoms with van der Waals surface area (Å²) in [5.41, 5.74) is 7.51. The monoisotopic (exact) mass is 328 g/mol. The zero-order valence-electron chi connectivity index (χ0n) is 10.6. The molecule has 100 valence electrons. The van der Waals surface area contributed by atoms with Gasteiger partial charge >= 0.3 is 0 Å². The predicted molar refractivity (Wildman–Crippen MR) is 74.9 cm³/mol. The topological polar surface area (TPSA) is 54.6 Å². The van der Waals surface area contributed by atoms with Crippen LogP contribution in [-0.4, -0.2) is 0 Å². The number of fused-ring (bicyclic) bond motifs is 1. The Kier molecular flexibility index (Phi) is 4.42. The molecule has 20 heavy (non-hydrogen) atoms. The maximum Gasteiger partial charge on any atom is 0.211 e. The molecule has 0 saturated carbocycles. The fraction of sp³-hybridized carbons (Fsp3) is 0. The Morgan fingerprint density at radius 2 is 1.50 bits per heavy atom. The Bertz CT molecular complexity index is 741. The highest BCUT2D eigenvalue weighted by Crippen LogP contribution is 2.29. The highest BCUT2D eigenvalue weighted by atomic mass is 79.9. The summed E-state index contributed by atoms with van der Waals surface area (Å²) < 4.78 is 1.66. The lowest BCUT2D eigenvalue weighted by Gasteiger charge is -2.00. The summed E-state index contributed by atoms with van der Waals surface area (Å²) >= 11 is 0. The average Bonchev–Trinajstić information content (AvgIpc) is 2.48. The van der Waals surface area contributed by atoms with Crippen LogP contribution in [0.2, 0.25) is 0 Å². The third-order valence-electron chi connectivity index (χ3n) is 2.89. The first kappa shape index (κ1) is 14.1. The zero-order valence-corrected chi connectivity index (χ0v) is 12.2. The van der Waals surface area contributed by atoms with Gasteiger partial charge in [-0.3, -0.25) is 0 Å². The molecule has 0 aliphatic heterocycles. The van der Waals surface area contributed by atoms with Crippen molar-refractivity contribution in [2.45, 2.75) is 0 Å². The third kappa shape index (κ3) is 2.83. The molecule has 3 aromatic rings. The summed E-state index contributed by atoms with van der Waals surface area (Å²) in [6.07, 6.45) is 3.67. The maximum absolute atomic E-state index is 5.95. The number of nitrogens with zero attached hydrogens (tertiary/aromatic N) is 3. The van der Waals surface area contributed by atoms with Crippen LogP contribution in [-0.2, 0) is 0 Å². The molecule has 0 unspecified atom stereocenters. The van der Waals surface area contributed by atoms with E-state index >= 15 is 0 Å². The number of anilines is 1. The number of aromatic nitrogens is 1. The minimum Gasteiger partial charge on any atom is -1.00 e. The minimum absolute atomic E-state index is 0. The fourth-order valence-corrected chi connectivity index (χ4v) is 1.94. The fourth-order valence-electron chi connectivity index (χ4n) is 1.94. The number of halogens is 1. The molecule has 3 rings (SSSR count). The number of hydrogen-bond acceptors (Lipinski definition) is 3. The Balaban J connectivity index is 0.00000147. The van der Waals surface area contributed by atoms with Crippen LogP contribution < -0.4 is 27.4 Å². The van der Waals surface area contributed by atoms with Gasteiger partial charge in [0.05, 0.1) is 5.11 Å². The number of benzene rings is 2. The van der Waals surface area contributed by atoms with Crippen molar-refractivity contribution in [3.63, 3.8) is 0 Å². The molecule has 1 aromatic heterocycles. The molecule has 1 heterocycles. The molecular weight excluding hydrogens is 316 g/mol.